The van der Waals surface area contributed by atoms with Crippen molar-refractivity contribution in [2.45, 2.75) is 20.0 Å². The number of halogens is 1. The van der Waals surface area contributed by atoms with E-state index in [0.717, 1.165) is 6.42 Å². The fraction of sp³-hybridized carbons (Fsp3) is 0.250. The quantitative estimate of drug-likeness (QED) is 0.849. The second-order valence-electron chi connectivity index (χ2n) is 4.52. The van der Waals surface area contributed by atoms with Crippen molar-refractivity contribution in [2.75, 3.05) is 12.8 Å². The van der Waals surface area contributed by atoms with Gasteiger partial charge in [-0.1, -0.05) is 13.0 Å². The molecular weight excluding hydrogens is 257 g/mol. The molecular formula is C16H18FNO2. The molecule has 0 aliphatic heterocycles. The zero-order chi connectivity index (χ0) is 14.5. The minimum atomic E-state index is -0.364. The van der Waals surface area contributed by atoms with Crippen molar-refractivity contribution in [1.82, 2.24) is 0 Å². The van der Waals surface area contributed by atoms with Gasteiger partial charge in [0, 0.05) is 5.69 Å². The summed E-state index contributed by atoms with van der Waals surface area (Å²) >= 11 is 0. The SMILES string of the molecule is CCc1ccc(OCc2cc(N)cc(F)c2)c(OC)c1. The summed E-state index contributed by atoms with van der Waals surface area (Å²) in [5.74, 6) is 0.943. The number of nitrogens with two attached hydrogens (primary N) is 1. The molecule has 2 aromatic carbocycles. The van der Waals surface area contributed by atoms with Gasteiger partial charge in [0.05, 0.1) is 7.11 Å². The van der Waals surface area contributed by atoms with Crippen molar-refractivity contribution >= 4 is 5.69 Å². The Morgan fingerprint density at radius 1 is 1.05 bits per heavy atom. The van der Waals surface area contributed by atoms with Crippen LogP contribution >= 0.6 is 0 Å². The van der Waals surface area contributed by atoms with E-state index < -0.39 is 0 Å². The van der Waals surface area contributed by atoms with Gasteiger partial charge in [-0.05, 0) is 47.9 Å². The van der Waals surface area contributed by atoms with Crippen molar-refractivity contribution in [3.05, 3.63) is 53.3 Å². The van der Waals surface area contributed by atoms with E-state index >= 15 is 0 Å². The second-order valence-corrected chi connectivity index (χ2v) is 4.52. The summed E-state index contributed by atoms with van der Waals surface area (Å²) < 4.78 is 24.2. The number of hydrogen-bond acceptors (Lipinski definition) is 3. The lowest BCUT2D eigenvalue weighted by molar-refractivity contribution is 0.284. The predicted octanol–water partition coefficient (Wildman–Crippen LogP) is 3.56. The molecule has 2 aromatic rings. The van der Waals surface area contributed by atoms with E-state index in [0.29, 0.717) is 22.7 Å². The van der Waals surface area contributed by atoms with Crippen LogP contribution in [0.25, 0.3) is 0 Å². The van der Waals surface area contributed by atoms with Crippen LogP contribution in [0.5, 0.6) is 11.5 Å². The summed E-state index contributed by atoms with van der Waals surface area (Å²) in [6.45, 7) is 2.31. The summed E-state index contributed by atoms with van der Waals surface area (Å²) in [5, 5.41) is 0. The Hall–Kier alpha value is -2.23. The molecule has 0 saturated carbocycles. The maximum absolute atomic E-state index is 13.2. The van der Waals surface area contributed by atoms with Crippen molar-refractivity contribution < 1.29 is 13.9 Å². The first kappa shape index (κ1) is 14.2. The van der Waals surface area contributed by atoms with E-state index in [4.69, 9.17) is 15.2 Å². The number of nitrogen functional groups attached to an aromatic ring is 1. The third-order valence-electron chi connectivity index (χ3n) is 3.01. The zero-order valence-electron chi connectivity index (χ0n) is 11.7. The van der Waals surface area contributed by atoms with E-state index in [2.05, 4.69) is 6.92 Å². The summed E-state index contributed by atoms with van der Waals surface area (Å²) in [4.78, 5) is 0. The van der Waals surface area contributed by atoms with Crippen LogP contribution in [0.1, 0.15) is 18.1 Å². The number of rotatable bonds is 5. The molecule has 0 bridgehead atoms. The molecule has 106 valence electrons. The highest BCUT2D eigenvalue weighted by Gasteiger charge is 2.06. The molecule has 3 nitrogen and oxygen atoms in total. The van der Waals surface area contributed by atoms with E-state index in [1.807, 2.05) is 18.2 Å². The number of aryl methyl sites for hydroxylation is 1. The van der Waals surface area contributed by atoms with Crippen molar-refractivity contribution in [3.63, 3.8) is 0 Å². The topological polar surface area (TPSA) is 44.5 Å². The molecule has 2 N–H and O–H groups in total. The van der Waals surface area contributed by atoms with Gasteiger partial charge in [-0.15, -0.1) is 0 Å². The Kier molecular flexibility index (Phi) is 4.45. The Morgan fingerprint density at radius 3 is 2.50 bits per heavy atom. The van der Waals surface area contributed by atoms with Gasteiger partial charge in [-0.3, -0.25) is 0 Å². The summed E-state index contributed by atoms with van der Waals surface area (Å²) in [6.07, 6.45) is 0.928. The molecule has 0 heterocycles. The van der Waals surface area contributed by atoms with Crippen LogP contribution in [-0.4, -0.2) is 7.11 Å². The second kappa shape index (κ2) is 6.28. The Bertz CT molecular complexity index is 579. The van der Waals surface area contributed by atoms with E-state index in [1.165, 1.54) is 17.7 Å². The molecule has 0 atom stereocenters. The molecule has 0 amide bonds. The number of anilines is 1. The molecule has 0 aliphatic carbocycles. The maximum Gasteiger partial charge on any atom is 0.161 e. The first-order chi connectivity index (χ1) is 9.62. The first-order valence-corrected chi connectivity index (χ1v) is 6.47. The number of hydrogen-bond donors (Lipinski definition) is 1. The van der Waals surface area contributed by atoms with Crippen molar-refractivity contribution in [1.29, 1.82) is 0 Å². The van der Waals surface area contributed by atoms with E-state index in [-0.39, 0.29) is 12.4 Å². The molecule has 0 spiro atoms. The molecule has 20 heavy (non-hydrogen) atoms. The molecule has 2 rings (SSSR count). The minimum Gasteiger partial charge on any atom is -0.493 e. The smallest absolute Gasteiger partial charge is 0.161 e. The highest BCUT2D eigenvalue weighted by molar-refractivity contribution is 5.44. The Balaban J connectivity index is 2.14. The molecule has 0 aliphatic rings. The Morgan fingerprint density at radius 2 is 1.85 bits per heavy atom. The Labute approximate surface area is 118 Å². The lowest BCUT2D eigenvalue weighted by atomic mass is 10.1. The number of benzene rings is 2. The monoisotopic (exact) mass is 275 g/mol. The largest absolute Gasteiger partial charge is 0.493 e. The van der Waals surface area contributed by atoms with Gasteiger partial charge in [0.2, 0.25) is 0 Å². The van der Waals surface area contributed by atoms with Gasteiger partial charge in [0.15, 0.2) is 11.5 Å². The van der Waals surface area contributed by atoms with Gasteiger partial charge < -0.3 is 15.2 Å². The van der Waals surface area contributed by atoms with Gasteiger partial charge in [0.1, 0.15) is 12.4 Å². The minimum absolute atomic E-state index is 0.240. The van der Waals surface area contributed by atoms with E-state index in [9.17, 15) is 4.39 Å². The zero-order valence-corrected chi connectivity index (χ0v) is 11.7. The van der Waals surface area contributed by atoms with Crippen molar-refractivity contribution in [2.24, 2.45) is 0 Å². The van der Waals surface area contributed by atoms with Gasteiger partial charge in [-0.2, -0.15) is 0 Å². The van der Waals surface area contributed by atoms with Crippen molar-refractivity contribution in [3.8, 4) is 11.5 Å². The van der Waals surface area contributed by atoms with Crippen LogP contribution in [0.3, 0.4) is 0 Å². The van der Waals surface area contributed by atoms with Gasteiger partial charge in [0.25, 0.3) is 0 Å². The van der Waals surface area contributed by atoms with Crippen LogP contribution < -0.4 is 15.2 Å². The van der Waals surface area contributed by atoms with Crippen LogP contribution in [0.15, 0.2) is 36.4 Å². The highest BCUT2D eigenvalue weighted by Crippen LogP contribution is 2.29. The molecule has 0 fully saturated rings. The van der Waals surface area contributed by atoms with Gasteiger partial charge >= 0.3 is 0 Å². The fourth-order valence-electron chi connectivity index (χ4n) is 1.97. The van der Waals surface area contributed by atoms with Crippen LogP contribution in [0.2, 0.25) is 0 Å². The summed E-state index contributed by atoms with van der Waals surface area (Å²) in [5.41, 5.74) is 7.84. The first-order valence-electron chi connectivity index (χ1n) is 6.47. The standard InChI is InChI=1S/C16H18FNO2/c1-3-11-4-5-15(16(8-11)19-2)20-10-12-6-13(17)9-14(18)7-12/h4-9H,3,10,18H2,1-2H3. The summed E-state index contributed by atoms with van der Waals surface area (Å²) in [6, 6.07) is 10.2. The third-order valence-corrected chi connectivity index (χ3v) is 3.01. The highest BCUT2D eigenvalue weighted by atomic mass is 19.1. The lowest BCUT2D eigenvalue weighted by Crippen LogP contribution is -2.00. The van der Waals surface area contributed by atoms with Crippen LogP contribution in [-0.2, 0) is 13.0 Å². The number of ether oxygens (including phenoxy) is 2. The van der Waals surface area contributed by atoms with E-state index in [1.54, 1.807) is 13.2 Å². The maximum atomic E-state index is 13.2. The van der Waals surface area contributed by atoms with Crippen LogP contribution in [0.4, 0.5) is 10.1 Å². The fourth-order valence-corrected chi connectivity index (χ4v) is 1.97. The normalized spacial score (nSPS) is 10.3. The summed E-state index contributed by atoms with van der Waals surface area (Å²) in [7, 11) is 1.60. The average molecular weight is 275 g/mol. The van der Waals surface area contributed by atoms with Gasteiger partial charge in [-0.25, -0.2) is 4.39 Å². The molecule has 0 radical (unpaired) electrons. The number of methoxy groups -OCH3 is 1. The predicted molar refractivity (Wildman–Crippen MR) is 77.5 cm³/mol. The van der Waals surface area contributed by atoms with Crippen LogP contribution in [0, 0.1) is 5.82 Å². The average Bonchev–Trinajstić information content (AvgIpc) is 2.44. The molecule has 0 aromatic heterocycles. The molecule has 4 heteroatoms. The molecule has 0 unspecified atom stereocenters. The lowest BCUT2D eigenvalue weighted by Gasteiger charge is -2.12. The molecule has 0 saturated heterocycles. The third kappa shape index (κ3) is 3.41.